The Morgan fingerprint density at radius 1 is 1.22 bits per heavy atom. The lowest BCUT2D eigenvalue weighted by Gasteiger charge is -2.05. The largest absolute Gasteiger partial charge is 0.453 e. The fourth-order valence-corrected chi connectivity index (χ4v) is 2.54. The Balaban J connectivity index is 2.79. The highest BCUT2D eigenvalue weighted by molar-refractivity contribution is 7.99. The van der Waals surface area contributed by atoms with E-state index in [2.05, 4.69) is 9.97 Å². The molecule has 4 nitrogen and oxygen atoms in total. The first-order chi connectivity index (χ1) is 8.38. The van der Waals surface area contributed by atoms with Gasteiger partial charge >= 0.3 is 6.18 Å². The Morgan fingerprint density at radius 2 is 1.89 bits per heavy atom. The number of aromatic nitrogens is 3. The molecule has 0 spiro atoms. The maximum absolute atomic E-state index is 12.6. The Hall–Kier alpha value is -1.09. The number of pyridine rings is 1. The quantitative estimate of drug-likeness (QED) is 0.681. The number of thioether (sulfide) groups is 2. The fraction of sp³-hybridized carbons (Fsp3) is 0.333. The summed E-state index contributed by atoms with van der Waals surface area (Å²) >= 11 is 2.52. The van der Waals surface area contributed by atoms with Crippen molar-refractivity contribution in [3.63, 3.8) is 0 Å². The zero-order valence-corrected chi connectivity index (χ0v) is 10.9. The Bertz CT molecular complexity index is 597. The monoisotopic (exact) mass is 295 g/mol. The highest BCUT2D eigenvalue weighted by Gasteiger charge is 2.39. The lowest BCUT2D eigenvalue weighted by molar-refractivity contribution is -0.153. The smallest absolute Gasteiger partial charge is 0.426 e. The maximum Gasteiger partial charge on any atom is 0.453 e. The first kappa shape index (κ1) is 13.3. The number of fused-ring (bicyclic) bond motifs is 1. The van der Waals surface area contributed by atoms with E-state index in [0.717, 1.165) is 0 Å². The van der Waals surface area contributed by atoms with Crippen LogP contribution >= 0.6 is 23.5 Å². The zero-order chi connectivity index (χ0) is 13.5. The second-order valence-corrected chi connectivity index (χ2v) is 4.96. The third-order valence-electron chi connectivity index (χ3n) is 2.22. The summed E-state index contributed by atoms with van der Waals surface area (Å²) in [5.74, 6) is -1.36. The minimum absolute atomic E-state index is 0.0207. The van der Waals surface area contributed by atoms with Gasteiger partial charge in [-0.1, -0.05) is 0 Å². The van der Waals surface area contributed by atoms with Gasteiger partial charge in [0.25, 0.3) is 5.82 Å². The van der Waals surface area contributed by atoms with Crippen LogP contribution in [0, 0.1) is 0 Å². The van der Waals surface area contributed by atoms with Gasteiger partial charge < -0.3 is 5.21 Å². The van der Waals surface area contributed by atoms with E-state index in [0.29, 0.717) is 9.92 Å². The van der Waals surface area contributed by atoms with Crippen LogP contribution in [0.25, 0.3) is 11.2 Å². The van der Waals surface area contributed by atoms with Crippen molar-refractivity contribution in [3.05, 3.63) is 11.9 Å². The third-order valence-corrected chi connectivity index (χ3v) is 3.60. The molecule has 0 amide bonds. The van der Waals surface area contributed by atoms with Crippen LogP contribution in [0.5, 0.6) is 0 Å². The Kier molecular flexibility index (Phi) is 3.37. The van der Waals surface area contributed by atoms with Gasteiger partial charge in [0.15, 0.2) is 5.65 Å². The SMILES string of the molecule is CSc1cc(SC)c2c(n1)nc(C(F)(F)F)n2O. The molecule has 9 heteroatoms. The zero-order valence-electron chi connectivity index (χ0n) is 9.32. The molecule has 0 fully saturated rings. The van der Waals surface area contributed by atoms with Crippen LogP contribution in [0.3, 0.4) is 0 Å². The van der Waals surface area contributed by atoms with E-state index < -0.39 is 12.0 Å². The summed E-state index contributed by atoms with van der Waals surface area (Å²) in [5, 5.41) is 10.1. The average molecular weight is 295 g/mol. The van der Waals surface area contributed by atoms with Gasteiger partial charge in [0.1, 0.15) is 5.52 Å². The van der Waals surface area contributed by atoms with Crippen molar-refractivity contribution in [3.8, 4) is 0 Å². The second kappa shape index (κ2) is 4.54. The van der Waals surface area contributed by atoms with E-state index in [-0.39, 0.29) is 15.9 Å². The minimum Gasteiger partial charge on any atom is -0.426 e. The van der Waals surface area contributed by atoms with Gasteiger partial charge in [-0.2, -0.15) is 17.9 Å². The number of alkyl halides is 3. The predicted octanol–water partition coefficient (Wildman–Crippen LogP) is 3.13. The fourth-order valence-electron chi connectivity index (χ4n) is 1.45. The molecule has 18 heavy (non-hydrogen) atoms. The summed E-state index contributed by atoms with van der Waals surface area (Å²) in [7, 11) is 0. The van der Waals surface area contributed by atoms with Crippen LogP contribution in [0.2, 0.25) is 0 Å². The van der Waals surface area contributed by atoms with Crippen molar-refractivity contribution in [2.75, 3.05) is 12.5 Å². The average Bonchev–Trinajstić information content (AvgIpc) is 2.65. The van der Waals surface area contributed by atoms with Crippen molar-refractivity contribution < 1.29 is 18.4 Å². The van der Waals surface area contributed by atoms with Gasteiger partial charge in [-0.15, -0.1) is 23.5 Å². The summed E-state index contributed by atoms with van der Waals surface area (Å²) in [6.07, 6.45) is -1.25. The maximum atomic E-state index is 12.6. The van der Waals surface area contributed by atoms with Gasteiger partial charge in [-0.25, -0.2) is 9.97 Å². The van der Waals surface area contributed by atoms with Gasteiger partial charge in [0.05, 0.1) is 5.03 Å². The van der Waals surface area contributed by atoms with Crippen molar-refractivity contribution in [2.24, 2.45) is 0 Å². The summed E-state index contributed by atoms with van der Waals surface area (Å²) in [5.41, 5.74) is -0.131. The molecule has 0 aliphatic rings. The molecule has 1 N–H and O–H groups in total. The number of halogens is 3. The summed E-state index contributed by atoms with van der Waals surface area (Å²) < 4.78 is 37.9. The number of hydrogen-bond donors (Lipinski definition) is 1. The van der Waals surface area contributed by atoms with Gasteiger partial charge in [-0.05, 0) is 18.6 Å². The number of imidazole rings is 1. The standard InChI is InChI=1S/C9H8F3N3OS2/c1-17-4-3-5(18-2)13-7-6(4)15(16)8(14-7)9(10,11)12/h3,16H,1-2H3. The van der Waals surface area contributed by atoms with Gasteiger partial charge in [0, 0.05) is 4.90 Å². The molecule has 0 saturated heterocycles. The van der Waals surface area contributed by atoms with Crippen molar-refractivity contribution in [1.82, 2.24) is 14.7 Å². The molecule has 2 aromatic rings. The molecular weight excluding hydrogens is 287 g/mol. The molecule has 0 unspecified atom stereocenters. The van der Waals surface area contributed by atoms with Gasteiger partial charge in [-0.3, -0.25) is 0 Å². The number of hydrogen-bond acceptors (Lipinski definition) is 5. The molecule has 0 saturated carbocycles. The van der Waals surface area contributed by atoms with Crippen LogP contribution in [0.4, 0.5) is 13.2 Å². The lowest BCUT2D eigenvalue weighted by Crippen LogP contribution is -2.13. The highest BCUT2D eigenvalue weighted by atomic mass is 32.2. The molecule has 98 valence electrons. The normalized spacial score (nSPS) is 12.3. The highest BCUT2D eigenvalue weighted by Crippen LogP contribution is 2.34. The van der Waals surface area contributed by atoms with E-state index >= 15 is 0 Å². The van der Waals surface area contributed by atoms with E-state index in [4.69, 9.17) is 0 Å². The predicted molar refractivity (Wildman–Crippen MR) is 63.3 cm³/mol. The molecule has 0 radical (unpaired) electrons. The molecule has 0 bridgehead atoms. The first-order valence-corrected chi connectivity index (χ1v) is 7.11. The Morgan fingerprint density at radius 3 is 2.39 bits per heavy atom. The summed E-state index contributed by atoms with van der Waals surface area (Å²) in [4.78, 5) is 7.80. The van der Waals surface area contributed by atoms with E-state index in [1.807, 2.05) is 0 Å². The van der Waals surface area contributed by atoms with E-state index in [9.17, 15) is 18.4 Å². The topological polar surface area (TPSA) is 50.9 Å². The number of nitrogens with zero attached hydrogens (tertiary/aromatic N) is 3. The van der Waals surface area contributed by atoms with Crippen LogP contribution in [0.1, 0.15) is 5.82 Å². The second-order valence-electron chi connectivity index (χ2n) is 3.28. The minimum atomic E-state index is -4.72. The van der Waals surface area contributed by atoms with Crippen molar-refractivity contribution >= 4 is 34.7 Å². The van der Waals surface area contributed by atoms with Crippen LogP contribution < -0.4 is 0 Å². The van der Waals surface area contributed by atoms with Gasteiger partial charge in [0.2, 0.25) is 0 Å². The van der Waals surface area contributed by atoms with Crippen LogP contribution in [0.15, 0.2) is 16.0 Å². The molecule has 0 aliphatic carbocycles. The van der Waals surface area contributed by atoms with Crippen LogP contribution in [-0.2, 0) is 6.18 Å². The summed E-state index contributed by atoms with van der Waals surface area (Å²) in [6, 6.07) is 1.62. The summed E-state index contributed by atoms with van der Waals surface area (Å²) in [6.45, 7) is 0. The van der Waals surface area contributed by atoms with Crippen LogP contribution in [-0.4, -0.2) is 32.4 Å². The molecule has 0 aliphatic heterocycles. The molecular formula is C9H8F3N3OS2. The molecule has 2 aromatic heterocycles. The molecule has 2 heterocycles. The van der Waals surface area contributed by atoms with E-state index in [1.165, 1.54) is 23.5 Å². The molecule has 0 aromatic carbocycles. The number of rotatable bonds is 2. The first-order valence-electron chi connectivity index (χ1n) is 4.66. The molecule has 0 atom stereocenters. The van der Waals surface area contributed by atoms with E-state index in [1.54, 1.807) is 18.6 Å². The van der Waals surface area contributed by atoms with Crippen molar-refractivity contribution in [2.45, 2.75) is 16.1 Å². The third kappa shape index (κ3) is 2.12. The lowest BCUT2D eigenvalue weighted by atomic mass is 10.4. The molecule has 2 rings (SSSR count). The van der Waals surface area contributed by atoms with Crippen molar-refractivity contribution in [1.29, 1.82) is 0 Å². The Labute approximate surface area is 109 Å².